The molecule has 25 heavy (non-hydrogen) atoms. The van der Waals surface area contributed by atoms with Crippen LogP contribution in [0.2, 0.25) is 0 Å². The van der Waals surface area contributed by atoms with Crippen LogP contribution in [0.1, 0.15) is 17.9 Å². The van der Waals surface area contributed by atoms with Crippen LogP contribution < -0.4 is 5.32 Å². The number of halogens is 1. The van der Waals surface area contributed by atoms with E-state index in [0.717, 1.165) is 11.1 Å². The van der Waals surface area contributed by atoms with Crippen molar-refractivity contribution in [3.05, 3.63) is 78.1 Å². The van der Waals surface area contributed by atoms with Gasteiger partial charge in [0.15, 0.2) is 11.7 Å². The van der Waals surface area contributed by atoms with Gasteiger partial charge in [-0.2, -0.15) is 0 Å². The number of nitrogens with zero attached hydrogens (tertiary/aromatic N) is 1. The maximum atomic E-state index is 12.8. The first-order valence-corrected chi connectivity index (χ1v) is 8.22. The summed E-state index contributed by atoms with van der Waals surface area (Å²) in [6.07, 6.45) is 3.12. The Bertz CT molecular complexity index is 813. The third-order valence-corrected chi connectivity index (χ3v) is 3.83. The lowest BCUT2D eigenvalue weighted by Crippen LogP contribution is -2.25. The van der Waals surface area contributed by atoms with Crippen LogP contribution in [-0.4, -0.2) is 17.4 Å². The van der Waals surface area contributed by atoms with Crippen molar-refractivity contribution in [2.45, 2.75) is 19.3 Å². The van der Waals surface area contributed by atoms with Gasteiger partial charge in [0.05, 0.1) is 6.20 Å². The molecule has 1 N–H and O–H groups in total. The van der Waals surface area contributed by atoms with Crippen LogP contribution >= 0.6 is 0 Å². The molecule has 1 aromatic heterocycles. The molecule has 0 aliphatic carbocycles. The average Bonchev–Trinajstić information content (AvgIpc) is 3.11. The van der Waals surface area contributed by atoms with Crippen molar-refractivity contribution < 1.29 is 13.6 Å². The molecule has 3 rings (SSSR count). The Hall–Kier alpha value is -2.95. The maximum Gasteiger partial charge on any atom is 0.220 e. The molecule has 0 spiro atoms. The highest BCUT2D eigenvalue weighted by Gasteiger charge is 2.08. The largest absolute Gasteiger partial charge is 0.441 e. The van der Waals surface area contributed by atoms with Gasteiger partial charge in [0.2, 0.25) is 5.91 Å². The van der Waals surface area contributed by atoms with Gasteiger partial charge in [0, 0.05) is 24.9 Å². The molecule has 0 unspecified atom stereocenters. The van der Waals surface area contributed by atoms with Crippen LogP contribution in [-0.2, 0) is 17.6 Å². The summed E-state index contributed by atoms with van der Waals surface area (Å²) in [6, 6.07) is 16.0. The van der Waals surface area contributed by atoms with Crippen molar-refractivity contribution in [2.24, 2.45) is 0 Å². The molecule has 1 heterocycles. The summed E-state index contributed by atoms with van der Waals surface area (Å²) < 4.78 is 18.5. The highest BCUT2D eigenvalue weighted by Crippen LogP contribution is 2.20. The van der Waals surface area contributed by atoms with E-state index < -0.39 is 0 Å². The molecule has 0 aliphatic heterocycles. The van der Waals surface area contributed by atoms with Crippen molar-refractivity contribution in [3.63, 3.8) is 0 Å². The molecular formula is C20H19FN2O2. The molecule has 1 amide bonds. The predicted molar refractivity (Wildman–Crippen MR) is 93.4 cm³/mol. The molecule has 128 valence electrons. The molecule has 0 saturated carbocycles. The summed E-state index contributed by atoms with van der Waals surface area (Å²) >= 11 is 0. The molecule has 0 bridgehead atoms. The Labute approximate surface area is 145 Å². The van der Waals surface area contributed by atoms with Crippen molar-refractivity contribution in [1.82, 2.24) is 10.3 Å². The monoisotopic (exact) mass is 338 g/mol. The third kappa shape index (κ3) is 5.01. The lowest BCUT2D eigenvalue weighted by Gasteiger charge is -2.04. The van der Waals surface area contributed by atoms with Crippen LogP contribution in [0.25, 0.3) is 11.3 Å². The molecule has 0 aliphatic rings. The Balaban J connectivity index is 1.42. The fourth-order valence-corrected chi connectivity index (χ4v) is 2.47. The molecule has 3 aromatic rings. The number of aryl methyl sites for hydroxylation is 1. The lowest BCUT2D eigenvalue weighted by molar-refractivity contribution is -0.121. The summed E-state index contributed by atoms with van der Waals surface area (Å²) in [5.74, 6) is 0.940. The first-order chi connectivity index (χ1) is 12.2. The molecule has 0 atom stereocenters. The van der Waals surface area contributed by atoms with E-state index in [1.165, 1.54) is 12.1 Å². The number of benzene rings is 2. The summed E-state index contributed by atoms with van der Waals surface area (Å²) in [5, 5.41) is 2.85. The number of rotatable bonds is 7. The smallest absolute Gasteiger partial charge is 0.220 e. The normalized spacial score (nSPS) is 10.6. The van der Waals surface area contributed by atoms with Crippen LogP contribution in [0, 0.1) is 5.82 Å². The zero-order chi connectivity index (χ0) is 17.5. The van der Waals surface area contributed by atoms with Crippen molar-refractivity contribution in [1.29, 1.82) is 0 Å². The van der Waals surface area contributed by atoms with Crippen LogP contribution in [0.5, 0.6) is 0 Å². The number of oxazole rings is 1. The lowest BCUT2D eigenvalue weighted by atomic mass is 10.1. The standard InChI is InChI=1S/C20H19FN2O2/c21-17-8-6-15(7-9-17)12-13-22-19(24)10-11-20-23-14-18(25-20)16-4-2-1-3-5-16/h1-9,14H,10-13H2,(H,22,24). The Morgan fingerprint density at radius 1 is 1.04 bits per heavy atom. The first kappa shape index (κ1) is 16.9. The van der Waals surface area contributed by atoms with Gasteiger partial charge in [-0.3, -0.25) is 4.79 Å². The van der Waals surface area contributed by atoms with Gasteiger partial charge in [0.25, 0.3) is 0 Å². The van der Waals surface area contributed by atoms with E-state index in [4.69, 9.17) is 4.42 Å². The van der Waals surface area contributed by atoms with Gasteiger partial charge in [-0.15, -0.1) is 0 Å². The molecule has 0 fully saturated rings. The predicted octanol–water partition coefficient (Wildman–Crippen LogP) is 3.77. The number of hydrogen-bond donors (Lipinski definition) is 1. The topological polar surface area (TPSA) is 55.1 Å². The minimum absolute atomic E-state index is 0.0541. The van der Waals surface area contributed by atoms with Gasteiger partial charge < -0.3 is 9.73 Å². The van der Waals surface area contributed by atoms with Crippen molar-refractivity contribution in [2.75, 3.05) is 6.54 Å². The minimum Gasteiger partial charge on any atom is -0.441 e. The van der Waals surface area contributed by atoms with E-state index in [1.54, 1.807) is 18.3 Å². The van der Waals surface area contributed by atoms with Gasteiger partial charge >= 0.3 is 0 Å². The average molecular weight is 338 g/mol. The van der Waals surface area contributed by atoms with Crippen LogP contribution in [0.4, 0.5) is 4.39 Å². The Morgan fingerprint density at radius 3 is 2.56 bits per heavy atom. The fraction of sp³-hybridized carbons (Fsp3) is 0.200. The van der Waals surface area contributed by atoms with Crippen LogP contribution in [0.3, 0.4) is 0 Å². The molecule has 0 radical (unpaired) electrons. The molecular weight excluding hydrogens is 319 g/mol. The fourth-order valence-electron chi connectivity index (χ4n) is 2.47. The number of carbonyl (C=O) groups excluding carboxylic acids is 1. The summed E-state index contributed by atoms with van der Waals surface area (Å²) in [6.45, 7) is 0.519. The second kappa shape index (κ2) is 8.24. The summed E-state index contributed by atoms with van der Waals surface area (Å²) in [7, 11) is 0. The first-order valence-electron chi connectivity index (χ1n) is 8.22. The number of amides is 1. The second-order valence-corrected chi connectivity index (χ2v) is 5.71. The van der Waals surface area contributed by atoms with Crippen molar-refractivity contribution in [3.8, 4) is 11.3 Å². The summed E-state index contributed by atoms with van der Waals surface area (Å²) in [5.41, 5.74) is 1.95. The zero-order valence-electron chi connectivity index (χ0n) is 13.7. The molecule has 4 nitrogen and oxygen atoms in total. The van der Waals surface area contributed by atoms with Gasteiger partial charge in [-0.05, 0) is 24.1 Å². The molecule has 5 heteroatoms. The Morgan fingerprint density at radius 2 is 1.80 bits per heavy atom. The summed E-state index contributed by atoms with van der Waals surface area (Å²) in [4.78, 5) is 16.1. The number of carbonyl (C=O) groups is 1. The highest BCUT2D eigenvalue weighted by atomic mass is 19.1. The number of aromatic nitrogens is 1. The van der Waals surface area contributed by atoms with E-state index in [0.29, 0.717) is 37.5 Å². The maximum absolute atomic E-state index is 12.8. The Kier molecular flexibility index (Phi) is 5.57. The number of nitrogens with one attached hydrogen (secondary N) is 1. The quantitative estimate of drug-likeness (QED) is 0.713. The van der Waals surface area contributed by atoms with Crippen LogP contribution in [0.15, 0.2) is 65.2 Å². The minimum atomic E-state index is -0.256. The number of hydrogen-bond acceptors (Lipinski definition) is 3. The second-order valence-electron chi connectivity index (χ2n) is 5.71. The highest BCUT2D eigenvalue weighted by molar-refractivity contribution is 5.76. The van der Waals surface area contributed by atoms with E-state index >= 15 is 0 Å². The SMILES string of the molecule is O=C(CCc1ncc(-c2ccccc2)o1)NCCc1ccc(F)cc1. The van der Waals surface area contributed by atoms with Gasteiger partial charge in [0.1, 0.15) is 5.82 Å². The molecule has 2 aromatic carbocycles. The van der Waals surface area contributed by atoms with Crippen molar-refractivity contribution >= 4 is 5.91 Å². The van der Waals surface area contributed by atoms with Gasteiger partial charge in [-0.25, -0.2) is 9.37 Å². The molecule has 0 saturated heterocycles. The van der Waals surface area contributed by atoms with E-state index in [-0.39, 0.29) is 11.7 Å². The van der Waals surface area contributed by atoms with Gasteiger partial charge in [-0.1, -0.05) is 42.5 Å². The van der Waals surface area contributed by atoms with E-state index in [2.05, 4.69) is 10.3 Å². The zero-order valence-corrected chi connectivity index (χ0v) is 13.7. The van der Waals surface area contributed by atoms with E-state index in [1.807, 2.05) is 30.3 Å². The third-order valence-electron chi connectivity index (χ3n) is 3.83. The van der Waals surface area contributed by atoms with E-state index in [9.17, 15) is 9.18 Å².